The first-order chi connectivity index (χ1) is 11.6. The highest BCUT2D eigenvalue weighted by atomic mass is 32.1. The molecule has 0 atom stereocenters. The molecule has 0 radical (unpaired) electrons. The topological polar surface area (TPSA) is 54.9 Å². The number of pyridine rings is 1. The molecule has 3 rings (SSSR count). The minimum Gasteiger partial charge on any atom is -0.351 e. The summed E-state index contributed by atoms with van der Waals surface area (Å²) in [5.41, 5.74) is 2.59. The first-order valence-corrected chi connectivity index (χ1v) is 8.35. The molecule has 0 saturated carbocycles. The Labute approximate surface area is 143 Å². The van der Waals surface area contributed by atoms with Gasteiger partial charge in [0.25, 0.3) is 5.91 Å². The minimum absolute atomic E-state index is 0.137. The number of hydrogen-bond acceptors (Lipinski definition) is 4. The Kier molecular flexibility index (Phi) is 4.96. The lowest BCUT2D eigenvalue weighted by molar-refractivity contribution is 0.0957. The van der Waals surface area contributed by atoms with Crippen LogP contribution in [0, 0.1) is 12.7 Å². The van der Waals surface area contributed by atoms with Crippen LogP contribution in [0.25, 0.3) is 10.6 Å². The van der Waals surface area contributed by atoms with Gasteiger partial charge in [-0.05, 0) is 43.2 Å². The number of carbonyl (C=O) groups is 1. The Bertz CT molecular complexity index is 831. The van der Waals surface area contributed by atoms with Gasteiger partial charge in [-0.2, -0.15) is 0 Å². The van der Waals surface area contributed by atoms with Crippen molar-refractivity contribution in [3.05, 3.63) is 70.7 Å². The smallest absolute Gasteiger partial charge is 0.263 e. The molecule has 1 N–H and O–H groups in total. The van der Waals surface area contributed by atoms with Gasteiger partial charge in [0.05, 0.1) is 5.69 Å². The largest absolute Gasteiger partial charge is 0.351 e. The average Bonchev–Trinajstić information content (AvgIpc) is 2.99. The fraction of sp³-hybridized carbons (Fsp3) is 0.167. The molecule has 4 nitrogen and oxygen atoms in total. The van der Waals surface area contributed by atoms with Crippen LogP contribution in [0.2, 0.25) is 0 Å². The van der Waals surface area contributed by atoms with Gasteiger partial charge in [0.2, 0.25) is 0 Å². The number of nitrogens with zero attached hydrogens (tertiary/aromatic N) is 2. The number of benzene rings is 1. The van der Waals surface area contributed by atoms with Gasteiger partial charge in [0.15, 0.2) is 0 Å². The maximum atomic E-state index is 12.9. The molecule has 0 bridgehead atoms. The van der Waals surface area contributed by atoms with Crippen LogP contribution in [0.1, 0.15) is 20.9 Å². The SMILES string of the molecule is Cc1nc(-c2cccnc2)sc1C(=O)NCCc1ccc(F)cc1. The van der Waals surface area contributed by atoms with Crippen LogP contribution in [0.4, 0.5) is 4.39 Å². The molecule has 2 heterocycles. The molecule has 122 valence electrons. The van der Waals surface area contributed by atoms with Gasteiger partial charge < -0.3 is 5.32 Å². The molecule has 0 fully saturated rings. The van der Waals surface area contributed by atoms with Crippen LogP contribution < -0.4 is 5.32 Å². The second kappa shape index (κ2) is 7.31. The van der Waals surface area contributed by atoms with Crippen molar-refractivity contribution in [1.82, 2.24) is 15.3 Å². The van der Waals surface area contributed by atoms with Gasteiger partial charge in [-0.15, -0.1) is 11.3 Å². The zero-order chi connectivity index (χ0) is 16.9. The maximum absolute atomic E-state index is 12.9. The maximum Gasteiger partial charge on any atom is 0.263 e. The number of hydrogen-bond donors (Lipinski definition) is 1. The van der Waals surface area contributed by atoms with E-state index in [1.165, 1.54) is 23.5 Å². The number of halogens is 1. The molecule has 24 heavy (non-hydrogen) atoms. The van der Waals surface area contributed by atoms with Gasteiger partial charge in [0.1, 0.15) is 15.7 Å². The molecular formula is C18H16FN3OS. The lowest BCUT2D eigenvalue weighted by Gasteiger charge is -2.04. The second-order valence-corrected chi connectivity index (χ2v) is 6.31. The van der Waals surface area contributed by atoms with Crippen LogP contribution in [0.5, 0.6) is 0 Å². The van der Waals surface area contributed by atoms with Crippen molar-refractivity contribution in [1.29, 1.82) is 0 Å². The van der Waals surface area contributed by atoms with Crippen LogP contribution in [-0.2, 0) is 6.42 Å². The van der Waals surface area contributed by atoms with Gasteiger partial charge in [0, 0.05) is 24.5 Å². The van der Waals surface area contributed by atoms with Crippen molar-refractivity contribution < 1.29 is 9.18 Å². The zero-order valence-corrected chi connectivity index (χ0v) is 13.9. The normalized spacial score (nSPS) is 10.6. The Hall–Kier alpha value is -2.60. The summed E-state index contributed by atoms with van der Waals surface area (Å²) in [6.07, 6.45) is 4.08. The lowest BCUT2D eigenvalue weighted by Crippen LogP contribution is -2.25. The third-order valence-corrected chi connectivity index (χ3v) is 4.73. The van der Waals surface area contributed by atoms with E-state index in [2.05, 4.69) is 15.3 Å². The predicted octanol–water partition coefficient (Wildman–Crippen LogP) is 3.63. The molecule has 0 aliphatic carbocycles. The summed E-state index contributed by atoms with van der Waals surface area (Å²) in [6.45, 7) is 2.31. The first kappa shape index (κ1) is 16.3. The van der Waals surface area contributed by atoms with Crippen molar-refractivity contribution in [2.24, 2.45) is 0 Å². The molecule has 0 saturated heterocycles. The molecule has 2 aromatic heterocycles. The minimum atomic E-state index is -0.258. The molecule has 0 aliphatic rings. The molecule has 0 spiro atoms. The van der Waals surface area contributed by atoms with Crippen molar-refractivity contribution in [3.63, 3.8) is 0 Å². The van der Waals surface area contributed by atoms with Crippen LogP contribution in [-0.4, -0.2) is 22.4 Å². The van der Waals surface area contributed by atoms with Crippen LogP contribution >= 0.6 is 11.3 Å². The number of rotatable bonds is 5. The third-order valence-electron chi connectivity index (χ3n) is 3.52. The van der Waals surface area contributed by atoms with E-state index in [4.69, 9.17) is 0 Å². The number of carbonyl (C=O) groups excluding carboxylic acids is 1. The summed E-state index contributed by atoms with van der Waals surface area (Å²) in [7, 11) is 0. The van der Waals surface area contributed by atoms with Gasteiger partial charge in [-0.1, -0.05) is 12.1 Å². The summed E-state index contributed by atoms with van der Waals surface area (Å²) in [6, 6.07) is 10.0. The Balaban J connectivity index is 1.63. The standard InChI is InChI=1S/C18H16FN3OS/c1-12-16(24-18(22-12)14-3-2-9-20-11-14)17(23)21-10-8-13-4-6-15(19)7-5-13/h2-7,9,11H,8,10H2,1H3,(H,21,23). The Morgan fingerprint density at radius 1 is 1.25 bits per heavy atom. The van der Waals surface area contributed by atoms with Gasteiger partial charge in [-0.25, -0.2) is 9.37 Å². The van der Waals surface area contributed by atoms with E-state index >= 15 is 0 Å². The van der Waals surface area contributed by atoms with E-state index in [0.717, 1.165) is 16.1 Å². The first-order valence-electron chi connectivity index (χ1n) is 7.54. The molecule has 0 unspecified atom stereocenters. The monoisotopic (exact) mass is 341 g/mol. The molecular weight excluding hydrogens is 325 g/mol. The number of nitrogens with one attached hydrogen (secondary N) is 1. The highest BCUT2D eigenvalue weighted by molar-refractivity contribution is 7.17. The van der Waals surface area contributed by atoms with Crippen LogP contribution in [0.15, 0.2) is 48.8 Å². The predicted molar refractivity (Wildman–Crippen MR) is 92.5 cm³/mol. The molecule has 3 aromatic rings. The lowest BCUT2D eigenvalue weighted by atomic mass is 10.1. The van der Waals surface area contributed by atoms with E-state index in [9.17, 15) is 9.18 Å². The summed E-state index contributed by atoms with van der Waals surface area (Å²) in [4.78, 5) is 21.5. The van der Waals surface area contributed by atoms with Crippen molar-refractivity contribution >= 4 is 17.2 Å². The second-order valence-electron chi connectivity index (χ2n) is 5.31. The fourth-order valence-electron chi connectivity index (χ4n) is 2.27. The molecule has 1 amide bonds. The number of aryl methyl sites for hydroxylation is 1. The van der Waals surface area contributed by atoms with E-state index in [0.29, 0.717) is 23.5 Å². The molecule has 1 aromatic carbocycles. The van der Waals surface area contributed by atoms with Crippen LogP contribution in [0.3, 0.4) is 0 Å². The average molecular weight is 341 g/mol. The van der Waals surface area contributed by atoms with E-state index < -0.39 is 0 Å². The summed E-state index contributed by atoms with van der Waals surface area (Å²) in [5, 5.41) is 3.67. The van der Waals surface area contributed by atoms with E-state index in [1.807, 2.05) is 19.1 Å². The van der Waals surface area contributed by atoms with Gasteiger partial charge >= 0.3 is 0 Å². The zero-order valence-electron chi connectivity index (χ0n) is 13.1. The Morgan fingerprint density at radius 3 is 2.75 bits per heavy atom. The highest BCUT2D eigenvalue weighted by Crippen LogP contribution is 2.27. The summed E-state index contributed by atoms with van der Waals surface area (Å²) in [5.74, 6) is -0.395. The van der Waals surface area contributed by atoms with E-state index in [1.54, 1.807) is 24.5 Å². The number of aromatic nitrogens is 2. The molecule has 0 aliphatic heterocycles. The summed E-state index contributed by atoms with van der Waals surface area (Å²) >= 11 is 1.36. The fourth-order valence-corrected chi connectivity index (χ4v) is 3.24. The van der Waals surface area contributed by atoms with Crippen molar-refractivity contribution in [2.45, 2.75) is 13.3 Å². The third kappa shape index (κ3) is 3.83. The highest BCUT2D eigenvalue weighted by Gasteiger charge is 2.15. The summed E-state index contributed by atoms with van der Waals surface area (Å²) < 4.78 is 12.9. The number of amides is 1. The Morgan fingerprint density at radius 2 is 2.04 bits per heavy atom. The quantitative estimate of drug-likeness (QED) is 0.771. The van der Waals surface area contributed by atoms with Crippen molar-refractivity contribution in [2.75, 3.05) is 6.54 Å². The van der Waals surface area contributed by atoms with E-state index in [-0.39, 0.29) is 11.7 Å². The number of thiazole rings is 1. The molecule has 6 heteroatoms. The van der Waals surface area contributed by atoms with Crippen molar-refractivity contribution in [3.8, 4) is 10.6 Å². The van der Waals surface area contributed by atoms with Gasteiger partial charge in [-0.3, -0.25) is 9.78 Å².